The van der Waals surface area contributed by atoms with Gasteiger partial charge in [-0.2, -0.15) is 0 Å². The third-order valence-corrected chi connectivity index (χ3v) is 4.25. The Morgan fingerprint density at radius 3 is 2.67 bits per heavy atom. The molecular weight excluding hydrogens is 252 g/mol. The van der Waals surface area contributed by atoms with Crippen molar-refractivity contribution in [2.45, 2.75) is 39.0 Å². The van der Waals surface area contributed by atoms with E-state index in [1.807, 2.05) is 12.3 Å². The lowest BCUT2D eigenvalue weighted by molar-refractivity contribution is -0.150. The van der Waals surface area contributed by atoms with Gasteiger partial charge in [-0.3, -0.25) is 9.59 Å². The number of amides is 1. The van der Waals surface area contributed by atoms with Crippen LogP contribution in [0.1, 0.15) is 37.8 Å². The molecule has 1 aliphatic rings. The lowest BCUT2D eigenvalue weighted by Crippen LogP contribution is -2.32. The minimum atomic E-state index is -0.865. The fourth-order valence-electron chi connectivity index (χ4n) is 2.40. The topological polar surface area (TPSA) is 79.3 Å². The maximum Gasteiger partial charge on any atom is 0.310 e. The van der Waals surface area contributed by atoms with Crippen LogP contribution in [0.25, 0.3) is 0 Å². The van der Waals surface area contributed by atoms with Crippen molar-refractivity contribution in [2.75, 3.05) is 5.32 Å². The number of carboxylic acid groups (broad SMARTS) is 1. The molecular formula is C12H16N2O3S. The molecule has 0 unspecified atom stereocenters. The molecule has 18 heavy (non-hydrogen) atoms. The Morgan fingerprint density at radius 2 is 2.17 bits per heavy atom. The van der Waals surface area contributed by atoms with E-state index in [9.17, 15) is 14.7 Å². The van der Waals surface area contributed by atoms with Gasteiger partial charge in [0.05, 0.1) is 11.1 Å². The van der Waals surface area contributed by atoms with Crippen LogP contribution in [0.2, 0.25) is 0 Å². The van der Waals surface area contributed by atoms with Crippen LogP contribution >= 0.6 is 11.3 Å². The number of thiazole rings is 1. The van der Waals surface area contributed by atoms with Gasteiger partial charge in [0.2, 0.25) is 5.91 Å². The highest BCUT2D eigenvalue weighted by molar-refractivity contribution is 7.13. The Balaban J connectivity index is 1.99. The third kappa shape index (κ3) is 2.69. The molecule has 1 amide bonds. The van der Waals surface area contributed by atoms with E-state index >= 15 is 0 Å². The zero-order chi connectivity index (χ0) is 13.2. The van der Waals surface area contributed by atoms with Crippen LogP contribution in [0.5, 0.6) is 0 Å². The fourth-order valence-corrected chi connectivity index (χ4v) is 3.10. The summed E-state index contributed by atoms with van der Waals surface area (Å²) >= 11 is 1.35. The minimum absolute atomic E-state index is 0.0426. The summed E-state index contributed by atoms with van der Waals surface area (Å²) in [6.45, 7) is 1.85. The van der Waals surface area contributed by atoms with Crippen molar-refractivity contribution in [2.24, 2.45) is 5.41 Å². The van der Waals surface area contributed by atoms with Crippen LogP contribution in [0.3, 0.4) is 0 Å². The average molecular weight is 268 g/mol. The maximum absolute atomic E-state index is 11.9. The molecule has 1 aliphatic carbocycles. The van der Waals surface area contributed by atoms with Crippen molar-refractivity contribution in [1.29, 1.82) is 0 Å². The summed E-state index contributed by atoms with van der Waals surface area (Å²) in [5, 5.41) is 14.3. The molecule has 0 saturated heterocycles. The van der Waals surface area contributed by atoms with Gasteiger partial charge in [-0.05, 0) is 19.8 Å². The predicted octanol–water partition coefficient (Wildman–Crippen LogP) is 2.43. The molecule has 1 aromatic rings. The first-order valence-electron chi connectivity index (χ1n) is 5.97. The summed E-state index contributed by atoms with van der Waals surface area (Å²) in [7, 11) is 0. The number of aromatic nitrogens is 1. The number of anilines is 1. The van der Waals surface area contributed by atoms with E-state index in [4.69, 9.17) is 0 Å². The summed E-state index contributed by atoms with van der Waals surface area (Å²) in [5.41, 5.74) is -0.0137. The van der Waals surface area contributed by atoms with Crippen LogP contribution in [0.4, 0.5) is 5.13 Å². The summed E-state index contributed by atoms with van der Waals surface area (Å²) in [6, 6.07) is 0. The predicted molar refractivity (Wildman–Crippen MR) is 68.6 cm³/mol. The first-order valence-corrected chi connectivity index (χ1v) is 6.85. The quantitative estimate of drug-likeness (QED) is 0.879. The number of aryl methyl sites for hydroxylation is 1. The van der Waals surface area contributed by atoms with Crippen molar-refractivity contribution >= 4 is 28.3 Å². The van der Waals surface area contributed by atoms with E-state index in [-0.39, 0.29) is 12.3 Å². The second-order valence-corrected chi connectivity index (χ2v) is 5.67. The van der Waals surface area contributed by atoms with Crippen molar-refractivity contribution in [1.82, 2.24) is 4.98 Å². The Kier molecular flexibility index (Phi) is 3.65. The van der Waals surface area contributed by atoms with Crippen LogP contribution in [-0.4, -0.2) is 22.0 Å². The monoisotopic (exact) mass is 268 g/mol. The van der Waals surface area contributed by atoms with E-state index in [1.54, 1.807) is 0 Å². The molecule has 0 radical (unpaired) electrons. The molecule has 1 heterocycles. The number of carbonyl (C=O) groups excluding carboxylic acids is 1. The molecule has 2 rings (SSSR count). The number of hydrogen-bond donors (Lipinski definition) is 2. The molecule has 1 saturated carbocycles. The summed E-state index contributed by atoms with van der Waals surface area (Å²) in [6.07, 6.45) is 2.99. The van der Waals surface area contributed by atoms with Crippen LogP contribution in [0, 0.1) is 12.3 Å². The number of carbonyl (C=O) groups is 2. The van der Waals surface area contributed by atoms with Crippen molar-refractivity contribution in [3.63, 3.8) is 0 Å². The lowest BCUT2D eigenvalue weighted by Gasteiger charge is -2.22. The van der Waals surface area contributed by atoms with Crippen LogP contribution in [-0.2, 0) is 9.59 Å². The second-order valence-electron chi connectivity index (χ2n) is 4.81. The molecule has 2 N–H and O–H groups in total. The zero-order valence-electron chi connectivity index (χ0n) is 10.2. The largest absolute Gasteiger partial charge is 0.481 e. The molecule has 0 aromatic carbocycles. The molecule has 1 aromatic heterocycles. The normalized spacial score (nSPS) is 17.6. The fraction of sp³-hybridized carbons (Fsp3) is 0.583. The molecule has 0 spiro atoms. The highest BCUT2D eigenvalue weighted by atomic mass is 32.1. The highest BCUT2D eigenvalue weighted by Crippen LogP contribution is 2.41. The van der Waals surface area contributed by atoms with Gasteiger partial charge in [0, 0.05) is 11.8 Å². The van der Waals surface area contributed by atoms with Crippen LogP contribution < -0.4 is 5.32 Å². The first-order chi connectivity index (χ1) is 8.52. The van der Waals surface area contributed by atoms with E-state index < -0.39 is 11.4 Å². The Hall–Kier alpha value is -1.43. The number of carboxylic acids is 1. The van der Waals surface area contributed by atoms with Gasteiger partial charge in [0.25, 0.3) is 0 Å². The Morgan fingerprint density at radius 1 is 1.50 bits per heavy atom. The summed E-state index contributed by atoms with van der Waals surface area (Å²) < 4.78 is 0. The molecule has 0 atom stereocenters. The van der Waals surface area contributed by atoms with Gasteiger partial charge < -0.3 is 10.4 Å². The lowest BCUT2D eigenvalue weighted by atomic mass is 9.82. The van der Waals surface area contributed by atoms with E-state index in [2.05, 4.69) is 10.3 Å². The second kappa shape index (κ2) is 5.06. The smallest absolute Gasteiger partial charge is 0.310 e. The van der Waals surface area contributed by atoms with Gasteiger partial charge >= 0.3 is 5.97 Å². The molecule has 0 bridgehead atoms. The SMILES string of the molecule is Cc1csc(NC(=O)CC2(C(=O)O)CCCC2)n1. The van der Waals surface area contributed by atoms with E-state index in [0.717, 1.165) is 18.5 Å². The molecule has 6 heteroatoms. The third-order valence-electron chi connectivity index (χ3n) is 3.38. The van der Waals surface area contributed by atoms with Crippen molar-refractivity contribution in [3.8, 4) is 0 Å². The van der Waals surface area contributed by atoms with E-state index in [0.29, 0.717) is 18.0 Å². The minimum Gasteiger partial charge on any atom is -0.481 e. The summed E-state index contributed by atoms with van der Waals surface area (Å²) in [4.78, 5) is 27.3. The van der Waals surface area contributed by atoms with Gasteiger partial charge in [0.1, 0.15) is 0 Å². The van der Waals surface area contributed by atoms with Crippen LogP contribution in [0.15, 0.2) is 5.38 Å². The maximum atomic E-state index is 11.9. The number of nitrogens with one attached hydrogen (secondary N) is 1. The highest BCUT2D eigenvalue weighted by Gasteiger charge is 2.43. The number of rotatable bonds is 4. The zero-order valence-corrected chi connectivity index (χ0v) is 11.0. The van der Waals surface area contributed by atoms with Gasteiger partial charge in [-0.25, -0.2) is 4.98 Å². The number of nitrogens with zero attached hydrogens (tertiary/aromatic N) is 1. The van der Waals surface area contributed by atoms with Crippen molar-refractivity contribution in [3.05, 3.63) is 11.1 Å². The molecule has 0 aliphatic heterocycles. The Labute approximate surface area is 109 Å². The number of hydrogen-bond acceptors (Lipinski definition) is 4. The number of aliphatic carboxylic acids is 1. The molecule has 98 valence electrons. The standard InChI is InChI=1S/C12H16N2O3S/c1-8-7-18-11(13-8)14-9(15)6-12(10(16)17)4-2-3-5-12/h7H,2-6H2,1H3,(H,16,17)(H,13,14,15). The van der Waals surface area contributed by atoms with Gasteiger partial charge in [0.15, 0.2) is 5.13 Å². The van der Waals surface area contributed by atoms with Gasteiger partial charge in [-0.15, -0.1) is 11.3 Å². The van der Waals surface area contributed by atoms with Crippen molar-refractivity contribution < 1.29 is 14.7 Å². The summed E-state index contributed by atoms with van der Waals surface area (Å²) in [5.74, 6) is -1.11. The van der Waals surface area contributed by atoms with Gasteiger partial charge in [-0.1, -0.05) is 12.8 Å². The molecule has 5 nitrogen and oxygen atoms in total. The molecule has 1 fully saturated rings. The Bertz CT molecular complexity index is 464. The average Bonchev–Trinajstić information content (AvgIpc) is 2.89. The van der Waals surface area contributed by atoms with E-state index in [1.165, 1.54) is 11.3 Å². The first kappa shape index (κ1) is 13.0.